The third-order valence-corrected chi connectivity index (χ3v) is 3.48. The number of benzene rings is 2. The maximum Gasteiger partial charge on any atom is 0.161 e. The molecule has 3 rings (SSSR count). The van der Waals surface area contributed by atoms with Gasteiger partial charge in [0.15, 0.2) is 11.6 Å². The highest BCUT2D eigenvalue weighted by Gasteiger charge is 2.08. The van der Waals surface area contributed by atoms with Crippen LogP contribution in [-0.4, -0.2) is 16.1 Å². The number of hydrogen-bond acceptors (Lipinski definition) is 2. The van der Waals surface area contributed by atoms with Gasteiger partial charge in [-0.3, -0.25) is 0 Å². The minimum Gasteiger partial charge on any atom is -0.383 e. The molecule has 0 aliphatic rings. The maximum atomic E-state index is 13.3. The Morgan fingerprint density at radius 1 is 1.14 bits per heavy atom. The number of hydrogen-bond donors (Lipinski definition) is 1. The summed E-state index contributed by atoms with van der Waals surface area (Å²) in [6.07, 6.45) is 1.60. The summed E-state index contributed by atoms with van der Waals surface area (Å²) in [4.78, 5) is 4.09. The molecule has 0 saturated carbocycles. The van der Waals surface area contributed by atoms with Crippen LogP contribution < -0.4 is 5.32 Å². The fraction of sp³-hybridized carbons (Fsp3) is 0.188. The quantitative estimate of drug-likeness (QED) is 0.792. The lowest BCUT2D eigenvalue weighted by molar-refractivity contribution is 0.510. The van der Waals surface area contributed by atoms with Crippen molar-refractivity contribution in [2.75, 3.05) is 11.9 Å². The molecular formula is C16H15F2N3. The first-order valence-corrected chi connectivity index (χ1v) is 6.74. The molecule has 0 saturated heterocycles. The summed E-state index contributed by atoms with van der Waals surface area (Å²) in [7, 11) is 0. The zero-order chi connectivity index (χ0) is 14.8. The molecule has 1 N–H and O–H groups in total. The molecule has 0 aliphatic carbocycles. The largest absolute Gasteiger partial charge is 0.383 e. The molecule has 3 aromatic rings. The summed E-state index contributed by atoms with van der Waals surface area (Å²) < 4.78 is 28.3. The molecule has 0 aliphatic heterocycles. The average Bonchev–Trinajstić information content (AvgIpc) is 2.84. The molecule has 1 heterocycles. The Hall–Kier alpha value is -2.43. The topological polar surface area (TPSA) is 29.9 Å². The van der Waals surface area contributed by atoms with Gasteiger partial charge in [-0.25, -0.2) is 13.8 Å². The van der Waals surface area contributed by atoms with Gasteiger partial charge in [-0.2, -0.15) is 0 Å². The van der Waals surface area contributed by atoms with E-state index < -0.39 is 11.6 Å². The van der Waals surface area contributed by atoms with E-state index in [0.29, 0.717) is 24.1 Å². The molecule has 0 unspecified atom stereocenters. The summed E-state index contributed by atoms with van der Waals surface area (Å²) in [5.41, 5.74) is 3.30. The van der Waals surface area contributed by atoms with Crippen molar-refractivity contribution < 1.29 is 8.78 Å². The van der Waals surface area contributed by atoms with Gasteiger partial charge in [0.1, 0.15) is 0 Å². The predicted octanol–water partition coefficient (Wildman–Crippen LogP) is 3.74. The van der Waals surface area contributed by atoms with Gasteiger partial charge in [-0.05, 0) is 18.6 Å². The Kier molecular flexibility index (Phi) is 3.56. The van der Waals surface area contributed by atoms with Crippen LogP contribution in [-0.2, 0) is 6.54 Å². The number of aryl methyl sites for hydroxylation is 1. The van der Waals surface area contributed by atoms with Crippen molar-refractivity contribution in [1.29, 1.82) is 0 Å². The van der Waals surface area contributed by atoms with Gasteiger partial charge in [0.2, 0.25) is 0 Å². The van der Waals surface area contributed by atoms with Crippen molar-refractivity contribution in [1.82, 2.24) is 9.55 Å². The first-order chi connectivity index (χ1) is 10.1. The van der Waals surface area contributed by atoms with Gasteiger partial charge in [-0.15, -0.1) is 0 Å². The second kappa shape index (κ2) is 5.52. The second-order valence-electron chi connectivity index (χ2n) is 4.93. The molecule has 0 bridgehead atoms. The minimum absolute atomic E-state index is 0.463. The van der Waals surface area contributed by atoms with Crippen LogP contribution in [0.2, 0.25) is 0 Å². The van der Waals surface area contributed by atoms with E-state index >= 15 is 0 Å². The lowest BCUT2D eigenvalue weighted by Gasteiger charge is -2.10. The zero-order valence-corrected chi connectivity index (χ0v) is 11.6. The van der Waals surface area contributed by atoms with Crippen molar-refractivity contribution in [3.8, 4) is 0 Å². The van der Waals surface area contributed by atoms with E-state index in [4.69, 9.17) is 0 Å². The van der Waals surface area contributed by atoms with Crippen LogP contribution in [0.1, 0.15) is 5.56 Å². The summed E-state index contributed by atoms with van der Waals surface area (Å²) in [6.45, 7) is 3.33. The highest BCUT2D eigenvalue weighted by atomic mass is 19.2. The Labute approximate surface area is 121 Å². The SMILES string of the molecule is Cc1ccccc1NCCn1cnc2cc(F)c(F)cc21. The van der Waals surface area contributed by atoms with Crippen LogP contribution in [0.25, 0.3) is 11.0 Å². The summed E-state index contributed by atoms with van der Waals surface area (Å²) >= 11 is 0. The van der Waals surface area contributed by atoms with Crippen molar-refractivity contribution >= 4 is 16.7 Å². The highest BCUT2D eigenvalue weighted by Crippen LogP contribution is 2.18. The molecule has 0 spiro atoms. The standard InChI is InChI=1S/C16H15F2N3/c1-11-4-2-3-5-14(11)19-6-7-21-10-20-15-8-12(17)13(18)9-16(15)21/h2-5,8-10,19H,6-7H2,1H3. The predicted molar refractivity (Wildman–Crippen MR) is 79.3 cm³/mol. The van der Waals surface area contributed by atoms with E-state index in [0.717, 1.165) is 11.8 Å². The number of nitrogens with zero attached hydrogens (tertiary/aromatic N) is 2. The van der Waals surface area contributed by atoms with Gasteiger partial charge in [0.05, 0.1) is 17.4 Å². The second-order valence-corrected chi connectivity index (χ2v) is 4.93. The monoisotopic (exact) mass is 287 g/mol. The number of rotatable bonds is 4. The van der Waals surface area contributed by atoms with Gasteiger partial charge >= 0.3 is 0 Å². The molecule has 0 radical (unpaired) electrons. The Morgan fingerprint density at radius 2 is 1.90 bits per heavy atom. The smallest absolute Gasteiger partial charge is 0.161 e. The molecule has 5 heteroatoms. The Bertz CT molecular complexity index is 780. The highest BCUT2D eigenvalue weighted by molar-refractivity contribution is 5.75. The number of fused-ring (bicyclic) bond motifs is 1. The van der Waals surface area contributed by atoms with Crippen molar-refractivity contribution in [2.45, 2.75) is 13.5 Å². The number of halogens is 2. The number of anilines is 1. The Balaban J connectivity index is 1.74. The molecule has 21 heavy (non-hydrogen) atoms. The lowest BCUT2D eigenvalue weighted by atomic mass is 10.2. The van der Waals surface area contributed by atoms with Gasteiger partial charge < -0.3 is 9.88 Å². The van der Waals surface area contributed by atoms with Gasteiger partial charge in [0.25, 0.3) is 0 Å². The van der Waals surface area contributed by atoms with E-state index in [1.807, 2.05) is 35.8 Å². The molecule has 0 fully saturated rings. The number of nitrogens with one attached hydrogen (secondary N) is 1. The molecule has 2 aromatic carbocycles. The van der Waals surface area contributed by atoms with Crippen LogP contribution in [0, 0.1) is 18.6 Å². The van der Waals surface area contributed by atoms with Crippen LogP contribution in [0.4, 0.5) is 14.5 Å². The van der Waals surface area contributed by atoms with E-state index in [9.17, 15) is 8.78 Å². The van der Waals surface area contributed by atoms with E-state index in [2.05, 4.69) is 10.3 Å². The molecule has 1 aromatic heterocycles. The van der Waals surface area contributed by atoms with Crippen molar-refractivity contribution in [3.05, 3.63) is 59.9 Å². The minimum atomic E-state index is -0.870. The molecular weight excluding hydrogens is 272 g/mol. The first kappa shape index (κ1) is 13.5. The fourth-order valence-corrected chi connectivity index (χ4v) is 2.31. The van der Waals surface area contributed by atoms with Gasteiger partial charge in [0, 0.05) is 30.9 Å². The fourth-order valence-electron chi connectivity index (χ4n) is 2.31. The van der Waals surface area contributed by atoms with E-state index in [1.165, 1.54) is 11.6 Å². The summed E-state index contributed by atoms with van der Waals surface area (Å²) in [5, 5.41) is 3.33. The van der Waals surface area contributed by atoms with Crippen LogP contribution >= 0.6 is 0 Å². The molecule has 3 nitrogen and oxygen atoms in total. The molecule has 0 atom stereocenters. The van der Waals surface area contributed by atoms with Crippen molar-refractivity contribution in [3.63, 3.8) is 0 Å². The number of imidazole rings is 1. The first-order valence-electron chi connectivity index (χ1n) is 6.74. The third-order valence-electron chi connectivity index (χ3n) is 3.48. The number of aromatic nitrogens is 2. The average molecular weight is 287 g/mol. The van der Waals surface area contributed by atoms with Gasteiger partial charge in [-0.1, -0.05) is 18.2 Å². The maximum absolute atomic E-state index is 13.3. The van der Waals surface area contributed by atoms with E-state index in [-0.39, 0.29) is 0 Å². The number of para-hydroxylation sites is 1. The van der Waals surface area contributed by atoms with Crippen molar-refractivity contribution in [2.24, 2.45) is 0 Å². The normalized spacial score (nSPS) is 11.0. The van der Waals surface area contributed by atoms with Crippen LogP contribution in [0.5, 0.6) is 0 Å². The zero-order valence-electron chi connectivity index (χ0n) is 11.6. The summed E-state index contributed by atoms with van der Waals surface area (Å²) in [5.74, 6) is -1.72. The summed E-state index contributed by atoms with van der Waals surface area (Å²) in [6, 6.07) is 10.3. The Morgan fingerprint density at radius 3 is 2.71 bits per heavy atom. The van der Waals surface area contributed by atoms with Crippen LogP contribution in [0.3, 0.4) is 0 Å². The molecule has 0 amide bonds. The lowest BCUT2D eigenvalue weighted by Crippen LogP contribution is -2.10. The third kappa shape index (κ3) is 2.72. The molecule has 108 valence electrons. The van der Waals surface area contributed by atoms with Crippen LogP contribution in [0.15, 0.2) is 42.7 Å². The van der Waals surface area contributed by atoms with E-state index in [1.54, 1.807) is 6.33 Å².